The second kappa shape index (κ2) is 10.2. The zero-order valence-corrected chi connectivity index (χ0v) is 20.9. The first-order valence-corrected chi connectivity index (χ1v) is 12.9. The molecule has 0 atom stereocenters. The van der Waals surface area contributed by atoms with E-state index < -0.39 is 0 Å². The van der Waals surface area contributed by atoms with Gasteiger partial charge in [0.1, 0.15) is 6.07 Å². The second-order valence-electron chi connectivity index (χ2n) is 9.70. The fourth-order valence-electron chi connectivity index (χ4n) is 5.25. The molecule has 1 aliphatic carbocycles. The third-order valence-electron chi connectivity index (χ3n) is 7.27. The van der Waals surface area contributed by atoms with Crippen LogP contribution in [0.4, 0.5) is 11.4 Å². The molecule has 6 nitrogen and oxygen atoms in total. The number of fused-ring (bicyclic) bond motifs is 1. The highest BCUT2D eigenvalue weighted by atomic mass is 16.1. The van der Waals surface area contributed by atoms with Gasteiger partial charge >= 0.3 is 0 Å². The average molecular weight is 498 g/mol. The minimum atomic E-state index is -0.00949. The Morgan fingerprint density at radius 3 is 2.53 bits per heavy atom. The molecular weight excluding hydrogens is 470 g/mol. The van der Waals surface area contributed by atoms with Crippen molar-refractivity contribution in [2.75, 3.05) is 5.32 Å². The molecule has 0 radical (unpaired) electrons. The molecular formula is C32H27N5O. The van der Waals surface area contributed by atoms with Gasteiger partial charge in [-0.1, -0.05) is 49.2 Å². The summed E-state index contributed by atoms with van der Waals surface area (Å²) in [5.41, 5.74) is 7.61. The van der Waals surface area contributed by atoms with Crippen LogP contribution in [-0.2, 0) is 0 Å². The van der Waals surface area contributed by atoms with Gasteiger partial charge in [0.15, 0.2) is 0 Å². The van der Waals surface area contributed by atoms with E-state index in [4.69, 9.17) is 0 Å². The Morgan fingerprint density at radius 2 is 1.71 bits per heavy atom. The van der Waals surface area contributed by atoms with E-state index >= 15 is 0 Å². The fraction of sp³-hybridized carbons (Fsp3) is 0.156. The number of nitrogens with zero attached hydrogens (tertiary/aromatic N) is 2. The van der Waals surface area contributed by atoms with Crippen molar-refractivity contribution >= 4 is 28.2 Å². The lowest BCUT2D eigenvalue weighted by Crippen LogP contribution is -2.32. The Bertz CT molecular complexity index is 1660. The summed E-state index contributed by atoms with van der Waals surface area (Å²) in [6.07, 6.45) is 9.78. The zero-order valence-electron chi connectivity index (χ0n) is 20.9. The van der Waals surface area contributed by atoms with Gasteiger partial charge in [-0.2, -0.15) is 5.26 Å². The maximum absolute atomic E-state index is 12.6. The summed E-state index contributed by atoms with van der Waals surface area (Å²) in [4.78, 5) is 20.2. The molecule has 0 unspecified atom stereocenters. The molecule has 2 aromatic heterocycles. The standard InChI is InChI=1S/C32H27N5O/c33-18-25-19-34-20-28(31(25)37-30-10-4-9-29-27(30)15-16-35-29)24-6-3-5-23(17-24)21-11-13-22(14-12-21)32(38)36-26-7-1-2-8-26/h3-6,9-17,19-20,26,35H,1-2,7-8H2,(H,34,37)(H,36,38). The molecule has 1 aliphatic rings. The highest BCUT2D eigenvalue weighted by Crippen LogP contribution is 2.36. The van der Waals surface area contributed by atoms with Gasteiger partial charge in [-0.15, -0.1) is 0 Å². The van der Waals surface area contributed by atoms with Crippen LogP contribution in [0.2, 0.25) is 0 Å². The molecule has 0 saturated heterocycles. The molecule has 6 heteroatoms. The van der Waals surface area contributed by atoms with Gasteiger partial charge in [-0.3, -0.25) is 9.78 Å². The van der Waals surface area contributed by atoms with Gasteiger partial charge in [-0.25, -0.2) is 0 Å². The third kappa shape index (κ3) is 4.62. The SMILES string of the molecule is N#Cc1cncc(-c2cccc(-c3ccc(C(=O)NC4CCCC4)cc3)c2)c1Nc1cccc2[nH]ccc12. The Kier molecular flexibility index (Phi) is 6.33. The second-order valence-corrected chi connectivity index (χ2v) is 9.70. The lowest BCUT2D eigenvalue weighted by Gasteiger charge is -2.15. The first-order valence-electron chi connectivity index (χ1n) is 12.9. The number of rotatable bonds is 6. The Labute approximate surface area is 221 Å². The average Bonchev–Trinajstić information content (AvgIpc) is 3.66. The topological polar surface area (TPSA) is 93.6 Å². The number of nitrogens with one attached hydrogen (secondary N) is 3. The predicted octanol–water partition coefficient (Wildman–Crippen LogP) is 7.18. The van der Waals surface area contributed by atoms with E-state index in [1.807, 2.05) is 72.9 Å². The van der Waals surface area contributed by atoms with Gasteiger partial charge in [0, 0.05) is 52.3 Å². The Morgan fingerprint density at radius 1 is 0.921 bits per heavy atom. The summed E-state index contributed by atoms with van der Waals surface area (Å²) in [5, 5.41) is 17.6. The van der Waals surface area contributed by atoms with Crippen LogP contribution in [0.3, 0.4) is 0 Å². The predicted molar refractivity (Wildman–Crippen MR) is 151 cm³/mol. The van der Waals surface area contributed by atoms with E-state index in [0.717, 1.165) is 51.7 Å². The summed E-state index contributed by atoms with van der Waals surface area (Å²) < 4.78 is 0. The number of anilines is 2. The number of benzene rings is 3. The van der Waals surface area contributed by atoms with Crippen molar-refractivity contribution in [3.8, 4) is 28.3 Å². The van der Waals surface area contributed by atoms with Crippen molar-refractivity contribution in [1.82, 2.24) is 15.3 Å². The van der Waals surface area contributed by atoms with E-state index in [2.05, 4.69) is 32.7 Å². The van der Waals surface area contributed by atoms with Crippen LogP contribution in [0.5, 0.6) is 0 Å². The van der Waals surface area contributed by atoms with E-state index in [1.165, 1.54) is 12.8 Å². The highest BCUT2D eigenvalue weighted by molar-refractivity contribution is 5.97. The highest BCUT2D eigenvalue weighted by Gasteiger charge is 2.18. The molecule has 3 aromatic carbocycles. The van der Waals surface area contributed by atoms with E-state index in [0.29, 0.717) is 22.9 Å². The van der Waals surface area contributed by atoms with E-state index in [9.17, 15) is 10.1 Å². The first-order chi connectivity index (χ1) is 18.7. The van der Waals surface area contributed by atoms with Crippen molar-refractivity contribution in [1.29, 1.82) is 5.26 Å². The first kappa shape index (κ1) is 23.5. The molecule has 38 heavy (non-hydrogen) atoms. The van der Waals surface area contributed by atoms with Gasteiger partial charge in [0.05, 0.1) is 11.3 Å². The van der Waals surface area contributed by atoms with Crippen molar-refractivity contribution in [3.63, 3.8) is 0 Å². The van der Waals surface area contributed by atoms with Crippen LogP contribution in [-0.4, -0.2) is 21.9 Å². The number of carbonyl (C=O) groups excluding carboxylic acids is 1. The van der Waals surface area contributed by atoms with Crippen LogP contribution in [0.1, 0.15) is 41.6 Å². The Hall–Kier alpha value is -4.89. The summed E-state index contributed by atoms with van der Waals surface area (Å²) >= 11 is 0. The molecule has 1 amide bonds. The fourth-order valence-corrected chi connectivity index (χ4v) is 5.25. The number of carbonyl (C=O) groups is 1. The molecule has 1 saturated carbocycles. The minimum absolute atomic E-state index is 0.00949. The lowest BCUT2D eigenvalue weighted by atomic mass is 9.97. The Balaban J connectivity index is 1.31. The quantitative estimate of drug-likeness (QED) is 0.231. The maximum atomic E-state index is 12.6. The molecule has 0 aliphatic heterocycles. The molecule has 0 bridgehead atoms. The van der Waals surface area contributed by atoms with Crippen molar-refractivity contribution in [3.05, 3.63) is 103 Å². The van der Waals surface area contributed by atoms with Crippen molar-refractivity contribution in [2.45, 2.75) is 31.7 Å². The normalized spacial score (nSPS) is 13.3. The number of nitriles is 1. The molecule has 0 spiro atoms. The number of aromatic nitrogens is 2. The third-order valence-corrected chi connectivity index (χ3v) is 7.27. The largest absolute Gasteiger partial charge is 0.361 e. The van der Waals surface area contributed by atoms with Crippen molar-refractivity contribution in [2.24, 2.45) is 0 Å². The van der Waals surface area contributed by atoms with Crippen LogP contribution < -0.4 is 10.6 Å². The number of aromatic amines is 1. The number of H-pyrrole nitrogens is 1. The zero-order chi connectivity index (χ0) is 25.9. The van der Waals surface area contributed by atoms with Crippen LogP contribution in [0, 0.1) is 11.3 Å². The van der Waals surface area contributed by atoms with Crippen LogP contribution >= 0.6 is 0 Å². The van der Waals surface area contributed by atoms with Gasteiger partial charge in [0.2, 0.25) is 0 Å². The van der Waals surface area contributed by atoms with Crippen LogP contribution in [0.25, 0.3) is 33.2 Å². The smallest absolute Gasteiger partial charge is 0.251 e. The minimum Gasteiger partial charge on any atom is -0.361 e. The molecule has 3 N–H and O–H groups in total. The van der Waals surface area contributed by atoms with Crippen LogP contribution in [0.15, 0.2) is 91.4 Å². The molecule has 2 heterocycles. The van der Waals surface area contributed by atoms with E-state index in [1.54, 1.807) is 12.4 Å². The van der Waals surface area contributed by atoms with Crippen molar-refractivity contribution < 1.29 is 4.79 Å². The number of hydrogen-bond acceptors (Lipinski definition) is 4. The number of amides is 1. The summed E-state index contributed by atoms with van der Waals surface area (Å²) in [6, 6.07) is 26.5. The maximum Gasteiger partial charge on any atom is 0.251 e. The molecule has 5 aromatic rings. The molecule has 186 valence electrons. The summed E-state index contributed by atoms with van der Waals surface area (Å²) in [6.45, 7) is 0. The number of pyridine rings is 1. The summed E-state index contributed by atoms with van der Waals surface area (Å²) in [7, 11) is 0. The lowest BCUT2D eigenvalue weighted by molar-refractivity contribution is 0.0938. The van der Waals surface area contributed by atoms with E-state index in [-0.39, 0.29) is 5.91 Å². The van der Waals surface area contributed by atoms with Gasteiger partial charge < -0.3 is 15.6 Å². The monoisotopic (exact) mass is 497 g/mol. The molecule has 1 fully saturated rings. The van der Waals surface area contributed by atoms with Gasteiger partial charge in [0.25, 0.3) is 5.91 Å². The molecule has 6 rings (SSSR count). The summed E-state index contributed by atoms with van der Waals surface area (Å²) in [5.74, 6) is -0.00949. The van der Waals surface area contributed by atoms with Gasteiger partial charge in [-0.05, 0) is 65.9 Å². The number of hydrogen-bond donors (Lipinski definition) is 3.